The van der Waals surface area contributed by atoms with Crippen molar-refractivity contribution in [1.29, 1.82) is 0 Å². The number of unbranched alkanes of at least 4 members (excludes halogenated alkanes) is 1. The van der Waals surface area contributed by atoms with Gasteiger partial charge in [0.15, 0.2) is 12.6 Å². The van der Waals surface area contributed by atoms with Gasteiger partial charge in [-0.2, -0.15) is 0 Å². The predicted molar refractivity (Wildman–Crippen MR) is 132 cm³/mol. The summed E-state index contributed by atoms with van der Waals surface area (Å²) < 4.78 is 5.59. The molecule has 0 radical (unpaired) electrons. The van der Waals surface area contributed by atoms with E-state index in [1.54, 1.807) is 0 Å². The van der Waals surface area contributed by atoms with E-state index in [1.165, 1.54) is 11.3 Å². The second kappa shape index (κ2) is 17.1. The molecule has 0 amide bonds. The van der Waals surface area contributed by atoms with Crippen LogP contribution in [-0.2, 0) is 16.2 Å². The van der Waals surface area contributed by atoms with E-state index >= 15 is 0 Å². The molecular weight excluding hydrogens is 402 g/mol. The molecule has 0 unspecified atom stereocenters. The molecule has 6 heteroatoms. The van der Waals surface area contributed by atoms with Crippen LogP contribution in [0, 0.1) is 6.92 Å². The smallest absolute Gasteiger partial charge is 0.182 e. The number of carbonyl (C=O) groups is 2. The van der Waals surface area contributed by atoms with Crippen LogP contribution in [-0.4, -0.2) is 25.7 Å². The van der Waals surface area contributed by atoms with Crippen molar-refractivity contribution in [3.8, 4) is 5.75 Å². The number of rotatable bonds is 9. The Balaban J connectivity index is 0.000000277. The summed E-state index contributed by atoms with van der Waals surface area (Å²) in [7, 11) is 0. The standard InChI is InChI=1S/C13H13NO.C11H18N2.C2H2O2/c14-12-6-8-13(9-7-12)15-10-11-4-2-1-3-5-11;1-10-4-6-11(7-5-10)13-9-3-2-8-12;3-1-2-4/h1-9H,10,14H2;4-7,13H,2-3,8-9,12H2,1H3;1-2H. The van der Waals surface area contributed by atoms with Gasteiger partial charge in [-0.3, -0.25) is 9.59 Å². The fraction of sp³-hybridized carbons (Fsp3) is 0.231. The Hall–Kier alpha value is -3.64. The van der Waals surface area contributed by atoms with Crippen LogP contribution in [0.3, 0.4) is 0 Å². The first-order valence-electron chi connectivity index (χ1n) is 10.5. The van der Waals surface area contributed by atoms with Crippen molar-refractivity contribution in [3.63, 3.8) is 0 Å². The zero-order valence-corrected chi connectivity index (χ0v) is 18.6. The molecule has 0 atom stereocenters. The molecule has 6 nitrogen and oxygen atoms in total. The molecule has 0 bridgehead atoms. The van der Waals surface area contributed by atoms with Gasteiger partial charge >= 0.3 is 0 Å². The maximum Gasteiger partial charge on any atom is 0.182 e. The minimum atomic E-state index is 0.194. The van der Waals surface area contributed by atoms with Gasteiger partial charge in [-0.05, 0) is 68.3 Å². The van der Waals surface area contributed by atoms with Crippen molar-refractivity contribution < 1.29 is 14.3 Å². The number of hydrogen-bond donors (Lipinski definition) is 3. The van der Waals surface area contributed by atoms with E-state index in [1.807, 2.05) is 54.6 Å². The first kappa shape index (κ1) is 26.4. The van der Waals surface area contributed by atoms with Gasteiger partial charge in [0.1, 0.15) is 12.4 Å². The summed E-state index contributed by atoms with van der Waals surface area (Å²) in [5, 5.41) is 3.35. The van der Waals surface area contributed by atoms with E-state index in [0.29, 0.717) is 6.61 Å². The Kier molecular flexibility index (Phi) is 14.1. The summed E-state index contributed by atoms with van der Waals surface area (Å²) in [5.41, 5.74) is 15.4. The Morgan fingerprint density at radius 1 is 0.844 bits per heavy atom. The molecule has 32 heavy (non-hydrogen) atoms. The van der Waals surface area contributed by atoms with Crippen LogP contribution < -0.4 is 21.5 Å². The third-order valence-corrected chi connectivity index (χ3v) is 4.20. The highest BCUT2D eigenvalue weighted by Crippen LogP contribution is 2.14. The number of carbonyl (C=O) groups excluding carboxylic acids is 2. The van der Waals surface area contributed by atoms with Crippen LogP contribution in [0.4, 0.5) is 11.4 Å². The summed E-state index contributed by atoms with van der Waals surface area (Å²) in [4.78, 5) is 17.6. The molecule has 0 aliphatic carbocycles. The second-order valence-corrected chi connectivity index (χ2v) is 6.90. The van der Waals surface area contributed by atoms with Gasteiger partial charge in [0.05, 0.1) is 0 Å². The van der Waals surface area contributed by atoms with Gasteiger partial charge in [0, 0.05) is 17.9 Å². The van der Waals surface area contributed by atoms with E-state index in [0.717, 1.165) is 42.9 Å². The maximum absolute atomic E-state index is 8.81. The summed E-state index contributed by atoms with van der Waals surface area (Å²) in [6.07, 6.45) is 2.63. The summed E-state index contributed by atoms with van der Waals surface area (Å²) in [5.74, 6) is 0.841. The molecular formula is C26H33N3O3. The van der Waals surface area contributed by atoms with Crippen molar-refractivity contribution in [3.05, 3.63) is 90.0 Å². The van der Waals surface area contributed by atoms with E-state index < -0.39 is 0 Å². The van der Waals surface area contributed by atoms with Gasteiger partial charge in [-0.25, -0.2) is 0 Å². The van der Waals surface area contributed by atoms with E-state index in [2.05, 4.69) is 36.5 Å². The largest absolute Gasteiger partial charge is 0.489 e. The zero-order chi connectivity index (χ0) is 23.4. The van der Waals surface area contributed by atoms with E-state index in [9.17, 15) is 0 Å². The maximum atomic E-state index is 8.81. The zero-order valence-electron chi connectivity index (χ0n) is 18.6. The highest BCUT2D eigenvalue weighted by molar-refractivity contribution is 6.09. The van der Waals surface area contributed by atoms with Gasteiger partial charge in [-0.15, -0.1) is 0 Å². The third kappa shape index (κ3) is 12.8. The number of aldehydes is 2. The van der Waals surface area contributed by atoms with Crippen molar-refractivity contribution in [1.82, 2.24) is 0 Å². The second-order valence-electron chi connectivity index (χ2n) is 6.90. The molecule has 0 saturated heterocycles. The summed E-state index contributed by atoms with van der Waals surface area (Å²) >= 11 is 0. The molecule has 5 N–H and O–H groups in total. The summed E-state index contributed by atoms with van der Waals surface area (Å²) in [6.45, 7) is 4.48. The molecule has 0 aromatic heterocycles. The van der Waals surface area contributed by atoms with Gasteiger partial charge < -0.3 is 21.5 Å². The van der Waals surface area contributed by atoms with Gasteiger partial charge in [0.2, 0.25) is 0 Å². The van der Waals surface area contributed by atoms with Crippen LogP contribution in [0.5, 0.6) is 5.75 Å². The molecule has 3 aromatic carbocycles. The minimum Gasteiger partial charge on any atom is -0.489 e. The third-order valence-electron chi connectivity index (χ3n) is 4.20. The van der Waals surface area contributed by atoms with E-state index in [4.69, 9.17) is 25.8 Å². The number of ether oxygens (including phenoxy) is 1. The monoisotopic (exact) mass is 435 g/mol. The van der Waals surface area contributed by atoms with Crippen LogP contribution in [0.1, 0.15) is 24.0 Å². The molecule has 170 valence electrons. The lowest BCUT2D eigenvalue weighted by molar-refractivity contribution is -0.122. The normalized spacial score (nSPS) is 9.31. The lowest BCUT2D eigenvalue weighted by Crippen LogP contribution is -2.05. The number of aryl methyl sites for hydroxylation is 1. The Morgan fingerprint density at radius 2 is 1.47 bits per heavy atom. The number of hydrogen-bond acceptors (Lipinski definition) is 6. The average Bonchev–Trinajstić information content (AvgIpc) is 2.84. The van der Waals surface area contributed by atoms with Crippen molar-refractivity contribution in [2.24, 2.45) is 5.73 Å². The van der Waals surface area contributed by atoms with Gasteiger partial charge in [0.25, 0.3) is 0 Å². The lowest BCUT2D eigenvalue weighted by Gasteiger charge is -2.05. The topological polar surface area (TPSA) is 107 Å². The summed E-state index contributed by atoms with van der Waals surface area (Å²) in [6, 6.07) is 25.9. The molecule has 0 heterocycles. The molecule has 0 saturated carbocycles. The Labute approximate surface area is 190 Å². The Bertz CT molecular complexity index is 861. The number of anilines is 2. The number of nitrogens with one attached hydrogen (secondary N) is 1. The Morgan fingerprint density at radius 3 is 2.03 bits per heavy atom. The number of benzene rings is 3. The first-order valence-corrected chi connectivity index (χ1v) is 10.5. The number of nitrogens with two attached hydrogens (primary N) is 2. The average molecular weight is 436 g/mol. The fourth-order valence-corrected chi connectivity index (χ4v) is 2.48. The van der Waals surface area contributed by atoms with Crippen LogP contribution >= 0.6 is 0 Å². The molecule has 0 fully saturated rings. The van der Waals surface area contributed by atoms with Crippen molar-refractivity contribution in [2.45, 2.75) is 26.4 Å². The molecule has 0 spiro atoms. The fourth-order valence-electron chi connectivity index (χ4n) is 2.48. The number of nitrogen functional groups attached to an aromatic ring is 1. The molecule has 0 aliphatic heterocycles. The molecule has 3 aromatic rings. The van der Waals surface area contributed by atoms with E-state index in [-0.39, 0.29) is 12.6 Å². The molecule has 3 rings (SSSR count). The molecule has 0 aliphatic rings. The van der Waals surface area contributed by atoms with Crippen LogP contribution in [0.2, 0.25) is 0 Å². The van der Waals surface area contributed by atoms with Crippen molar-refractivity contribution >= 4 is 23.9 Å². The van der Waals surface area contributed by atoms with Crippen molar-refractivity contribution in [2.75, 3.05) is 24.1 Å². The first-order chi connectivity index (χ1) is 15.6. The van der Waals surface area contributed by atoms with Crippen LogP contribution in [0.25, 0.3) is 0 Å². The highest BCUT2D eigenvalue weighted by atomic mass is 16.5. The lowest BCUT2D eigenvalue weighted by atomic mass is 10.2. The predicted octanol–water partition coefficient (Wildman–Crippen LogP) is 4.38. The van der Waals surface area contributed by atoms with Gasteiger partial charge in [-0.1, -0.05) is 48.0 Å². The SMILES string of the molecule is Cc1ccc(NCCCCN)cc1.Nc1ccc(OCc2ccccc2)cc1.O=CC=O. The highest BCUT2D eigenvalue weighted by Gasteiger charge is 1.94. The van der Waals surface area contributed by atoms with Crippen LogP contribution in [0.15, 0.2) is 78.9 Å². The quantitative estimate of drug-likeness (QED) is 0.199. The minimum absolute atomic E-state index is 0.194.